The largest absolute Gasteiger partial charge is 0.507 e. The Morgan fingerprint density at radius 3 is 2.21 bits per heavy atom. The number of aromatic hydroxyl groups is 1. The van der Waals surface area contributed by atoms with E-state index in [-0.39, 0.29) is 5.60 Å². The number of phenols is 1. The second-order valence-electron chi connectivity index (χ2n) is 6.89. The van der Waals surface area contributed by atoms with E-state index in [0.717, 1.165) is 45.9 Å². The van der Waals surface area contributed by atoms with Gasteiger partial charge in [0.05, 0.1) is 0 Å². The Hall–Kier alpha value is -2.22. The van der Waals surface area contributed by atoms with Crippen molar-refractivity contribution in [3.05, 3.63) is 47.5 Å². The van der Waals surface area contributed by atoms with E-state index >= 15 is 0 Å². The van der Waals surface area contributed by atoms with Gasteiger partial charge in [-0.2, -0.15) is 0 Å². The van der Waals surface area contributed by atoms with Gasteiger partial charge in [-0.3, -0.25) is 0 Å². The van der Waals surface area contributed by atoms with Gasteiger partial charge in [-0.15, -0.1) is 0 Å². The molecule has 0 atom stereocenters. The molecule has 0 amide bonds. The summed E-state index contributed by atoms with van der Waals surface area (Å²) >= 11 is 0. The van der Waals surface area contributed by atoms with Crippen LogP contribution in [-0.4, -0.2) is 10.7 Å². The zero-order valence-corrected chi connectivity index (χ0v) is 15.2. The second kappa shape index (κ2) is 6.01. The molecule has 1 aliphatic heterocycles. The lowest BCUT2D eigenvalue weighted by Gasteiger charge is -2.34. The maximum atomic E-state index is 10.6. The summed E-state index contributed by atoms with van der Waals surface area (Å²) in [5, 5.41) is 14.9. The minimum atomic E-state index is -0.158. The van der Waals surface area contributed by atoms with Gasteiger partial charge >= 0.3 is 0 Å². The number of benzene rings is 3. The van der Waals surface area contributed by atoms with Crippen molar-refractivity contribution >= 4 is 21.5 Å². The molecule has 0 saturated carbocycles. The van der Waals surface area contributed by atoms with Crippen molar-refractivity contribution in [1.29, 1.82) is 0 Å². The second-order valence-corrected chi connectivity index (χ2v) is 6.89. The van der Waals surface area contributed by atoms with Gasteiger partial charge in [-0.1, -0.05) is 38.1 Å². The molecule has 2 heteroatoms. The summed E-state index contributed by atoms with van der Waals surface area (Å²) in [4.78, 5) is 0. The molecule has 3 aromatic rings. The van der Waals surface area contributed by atoms with Gasteiger partial charge in [0.2, 0.25) is 0 Å². The molecule has 2 nitrogen and oxygen atoms in total. The number of hydrogen-bond donors (Lipinski definition) is 1. The molecule has 1 N–H and O–H groups in total. The van der Waals surface area contributed by atoms with Crippen molar-refractivity contribution in [2.24, 2.45) is 0 Å². The van der Waals surface area contributed by atoms with Gasteiger partial charge in [0, 0.05) is 16.3 Å². The fourth-order valence-corrected chi connectivity index (χ4v) is 3.47. The quantitative estimate of drug-likeness (QED) is 0.504. The van der Waals surface area contributed by atoms with Gasteiger partial charge in [-0.25, -0.2) is 0 Å². The van der Waals surface area contributed by atoms with Crippen LogP contribution in [0.2, 0.25) is 0 Å². The highest BCUT2D eigenvalue weighted by atomic mass is 16.5. The molecular formula is C22H26O2. The van der Waals surface area contributed by atoms with Crippen molar-refractivity contribution in [1.82, 2.24) is 0 Å². The summed E-state index contributed by atoms with van der Waals surface area (Å²) in [6.45, 7) is 10.3. The molecule has 0 bridgehead atoms. The lowest BCUT2D eigenvalue weighted by atomic mass is 9.88. The minimum absolute atomic E-state index is 0.158. The molecule has 0 fully saturated rings. The summed E-state index contributed by atoms with van der Waals surface area (Å²) in [6, 6.07) is 12.5. The highest BCUT2D eigenvalue weighted by molar-refractivity contribution is 6.05. The predicted molar refractivity (Wildman–Crippen MR) is 102 cm³/mol. The van der Waals surface area contributed by atoms with Crippen LogP contribution in [0.1, 0.15) is 45.2 Å². The van der Waals surface area contributed by atoms with Gasteiger partial charge in [0.25, 0.3) is 0 Å². The van der Waals surface area contributed by atoms with E-state index in [2.05, 4.69) is 38.1 Å². The van der Waals surface area contributed by atoms with E-state index in [1.807, 2.05) is 32.9 Å². The number of phenolic OH excluding ortho intramolecular Hbond substituents is 1. The maximum Gasteiger partial charge on any atom is 0.131 e. The van der Waals surface area contributed by atoms with Crippen molar-refractivity contribution in [3.63, 3.8) is 0 Å². The lowest BCUT2D eigenvalue weighted by Crippen LogP contribution is -2.33. The molecule has 3 aromatic carbocycles. The first-order valence-electron chi connectivity index (χ1n) is 8.82. The van der Waals surface area contributed by atoms with Gasteiger partial charge < -0.3 is 9.84 Å². The molecule has 4 rings (SSSR count). The van der Waals surface area contributed by atoms with Crippen LogP contribution in [-0.2, 0) is 6.42 Å². The minimum Gasteiger partial charge on any atom is -0.507 e. The molecule has 24 heavy (non-hydrogen) atoms. The van der Waals surface area contributed by atoms with E-state index in [1.54, 1.807) is 0 Å². The highest BCUT2D eigenvalue weighted by Gasteiger charge is 2.30. The average Bonchev–Trinajstić information content (AvgIpc) is 2.59. The Balaban J connectivity index is 0.000000815. The molecule has 0 saturated heterocycles. The molecular weight excluding hydrogens is 296 g/mol. The van der Waals surface area contributed by atoms with Gasteiger partial charge in [0.1, 0.15) is 17.1 Å². The smallest absolute Gasteiger partial charge is 0.131 e. The Morgan fingerprint density at radius 2 is 1.58 bits per heavy atom. The monoisotopic (exact) mass is 322 g/mol. The fraction of sp³-hybridized carbons (Fsp3) is 0.364. The summed E-state index contributed by atoms with van der Waals surface area (Å²) in [6.07, 6.45) is 1.92. The van der Waals surface area contributed by atoms with Crippen LogP contribution >= 0.6 is 0 Å². The third-order valence-electron chi connectivity index (χ3n) is 4.82. The third-order valence-corrected chi connectivity index (χ3v) is 4.82. The normalized spacial score (nSPS) is 15.4. The standard InChI is InChI=1S/C20H20O2.C2H6/c1-12-15-8-9-20(2,3)22-19(15)17-11-14-7-5-4-6-13(14)10-16(17)18(12)21;1-2/h4-7,10-11,21H,8-9H2,1-3H3;1-2H3. The molecule has 0 unspecified atom stereocenters. The molecule has 0 aromatic heterocycles. The first kappa shape index (κ1) is 16.6. The lowest BCUT2D eigenvalue weighted by molar-refractivity contribution is 0.0865. The first-order chi connectivity index (χ1) is 11.5. The van der Waals surface area contributed by atoms with Gasteiger partial charge in [-0.05, 0) is 62.1 Å². The molecule has 1 heterocycles. The summed E-state index contributed by atoms with van der Waals surface area (Å²) in [5.74, 6) is 1.34. The Kier molecular flexibility index (Phi) is 4.16. The van der Waals surface area contributed by atoms with Crippen molar-refractivity contribution in [3.8, 4) is 11.5 Å². The maximum absolute atomic E-state index is 10.6. The molecule has 0 spiro atoms. The fourth-order valence-electron chi connectivity index (χ4n) is 3.47. The van der Waals surface area contributed by atoms with E-state index in [1.165, 1.54) is 5.39 Å². The summed E-state index contributed by atoms with van der Waals surface area (Å²) in [5.41, 5.74) is 1.95. The first-order valence-corrected chi connectivity index (χ1v) is 8.82. The van der Waals surface area contributed by atoms with Crippen LogP contribution < -0.4 is 4.74 Å². The van der Waals surface area contributed by atoms with E-state index < -0.39 is 0 Å². The Morgan fingerprint density at radius 1 is 1.00 bits per heavy atom. The van der Waals surface area contributed by atoms with Crippen LogP contribution in [0.4, 0.5) is 0 Å². The highest BCUT2D eigenvalue weighted by Crippen LogP contribution is 2.46. The van der Waals surface area contributed by atoms with Crippen LogP contribution in [0.25, 0.3) is 21.5 Å². The summed E-state index contributed by atoms with van der Waals surface area (Å²) < 4.78 is 6.31. The number of ether oxygens (including phenoxy) is 1. The van der Waals surface area contributed by atoms with Gasteiger partial charge in [0.15, 0.2) is 0 Å². The summed E-state index contributed by atoms with van der Waals surface area (Å²) in [7, 11) is 0. The zero-order valence-electron chi connectivity index (χ0n) is 15.2. The Labute approximate surface area is 144 Å². The van der Waals surface area contributed by atoms with Crippen molar-refractivity contribution in [2.75, 3.05) is 0 Å². The predicted octanol–water partition coefficient (Wildman–Crippen LogP) is 6.14. The average molecular weight is 322 g/mol. The number of hydrogen-bond acceptors (Lipinski definition) is 2. The van der Waals surface area contributed by atoms with Crippen LogP contribution in [0, 0.1) is 6.92 Å². The van der Waals surface area contributed by atoms with Crippen LogP contribution in [0.15, 0.2) is 36.4 Å². The molecule has 0 radical (unpaired) electrons. The number of fused-ring (bicyclic) bond motifs is 4. The zero-order chi connectivity index (χ0) is 17.5. The van der Waals surface area contributed by atoms with E-state index in [4.69, 9.17) is 4.74 Å². The van der Waals surface area contributed by atoms with E-state index in [9.17, 15) is 5.11 Å². The topological polar surface area (TPSA) is 29.5 Å². The SMILES string of the molecule is CC.Cc1c2c(c3cc4ccccc4cc3c1O)OC(C)(C)CC2. The Bertz CT molecular complexity index is 907. The molecule has 1 aliphatic rings. The molecule has 0 aliphatic carbocycles. The van der Waals surface area contributed by atoms with Crippen LogP contribution in [0.3, 0.4) is 0 Å². The number of rotatable bonds is 0. The van der Waals surface area contributed by atoms with E-state index in [0.29, 0.717) is 5.75 Å². The van der Waals surface area contributed by atoms with Crippen molar-refractivity contribution < 1.29 is 9.84 Å². The van der Waals surface area contributed by atoms with Crippen molar-refractivity contribution in [2.45, 2.75) is 53.1 Å². The third kappa shape index (κ3) is 2.60. The van der Waals surface area contributed by atoms with Crippen LogP contribution in [0.5, 0.6) is 11.5 Å². The molecule has 126 valence electrons.